The van der Waals surface area contributed by atoms with Gasteiger partial charge in [-0.3, -0.25) is 4.79 Å². The van der Waals surface area contributed by atoms with Crippen LogP contribution in [0.15, 0.2) is 12.7 Å². The normalized spacial score (nSPS) is 12.4. The molecule has 76 valence electrons. The van der Waals surface area contributed by atoms with Crippen molar-refractivity contribution >= 4 is 5.91 Å². The Bertz CT molecular complexity index is 201. The second kappa shape index (κ2) is 3.92. The van der Waals surface area contributed by atoms with Crippen molar-refractivity contribution < 1.29 is 4.79 Å². The predicted octanol–water partition coefficient (Wildman–Crippen LogP) is 1.19. The van der Waals surface area contributed by atoms with Crippen LogP contribution in [-0.4, -0.2) is 17.0 Å². The van der Waals surface area contributed by atoms with Gasteiger partial charge in [0.05, 0.1) is 0 Å². The Morgan fingerprint density at radius 3 is 2.23 bits per heavy atom. The lowest BCUT2D eigenvalue weighted by atomic mass is 9.88. The van der Waals surface area contributed by atoms with E-state index in [2.05, 4.69) is 11.9 Å². The van der Waals surface area contributed by atoms with Crippen LogP contribution in [0.4, 0.5) is 0 Å². The Labute approximate surface area is 80.4 Å². The summed E-state index contributed by atoms with van der Waals surface area (Å²) in [5, 5.41) is 2.83. The fourth-order valence-electron chi connectivity index (χ4n) is 1.57. The van der Waals surface area contributed by atoms with Gasteiger partial charge in [0, 0.05) is 11.1 Å². The third kappa shape index (κ3) is 6.34. The van der Waals surface area contributed by atoms with Gasteiger partial charge in [-0.2, -0.15) is 0 Å². The second-order valence-electron chi connectivity index (χ2n) is 4.74. The van der Waals surface area contributed by atoms with Crippen LogP contribution in [0.25, 0.3) is 0 Å². The van der Waals surface area contributed by atoms with Gasteiger partial charge in [0.2, 0.25) is 5.91 Å². The van der Waals surface area contributed by atoms with Gasteiger partial charge in [-0.05, 0) is 40.2 Å². The maximum absolute atomic E-state index is 11.0. The molecule has 3 N–H and O–H groups in total. The third-order valence-electron chi connectivity index (χ3n) is 1.54. The molecule has 3 heteroatoms. The summed E-state index contributed by atoms with van der Waals surface area (Å²) in [4.78, 5) is 11.0. The van der Waals surface area contributed by atoms with Gasteiger partial charge in [0.1, 0.15) is 0 Å². The first-order valence-corrected chi connectivity index (χ1v) is 4.40. The molecule has 0 saturated carbocycles. The minimum absolute atomic E-state index is 0.158. The zero-order valence-corrected chi connectivity index (χ0v) is 8.98. The molecule has 0 bridgehead atoms. The van der Waals surface area contributed by atoms with E-state index in [9.17, 15) is 4.79 Å². The molecule has 0 aliphatic rings. The monoisotopic (exact) mass is 184 g/mol. The average molecular weight is 184 g/mol. The number of carbonyl (C=O) groups is 1. The quantitative estimate of drug-likeness (QED) is 0.645. The SMILES string of the molecule is C=CC(=O)NC(C)(C)CC(C)(C)N. The number of hydrogen-bond donors (Lipinski definition) is 2. The highest BCUT2D eigenvalue weighted by Crippen LogP contribution is 2.17. The zero-order valence-electron chi connectivity index (χ0n) is 8.98. The molecule has 0 spiro atoms. The molecule has 0 radical (unpaired) electrons. The second-order valence-corrected chi connectivity index (χ2v) is 4.74. The molecule has 0 fully saturated rings. The molecule has 0 aromatic carbocycles. The molecule has 0 aliphatic carbocycles. The number of hydrogen-bond acceptors (Lipinski definition) is 2. The highest BCUT2D eigenvalue weighted by atomic mass is 16.1. The van der Waals surface area contributed by atoms with E-state index in [0.717, 1.165) is 6.42 Å². The van der Waals surface area contributed by atoms with Crippen molar-refractivity contribution in [1.82, 2.24) is 5.32 Å². The van der Waals surface area contributed by atoms with Crippen molar-refractivity contribution in [3.8, 4) is 0 Å². The van der Waals surface area contributed by atoms with E-state index < -0.39 is 0 Å². The lowest BCUT2D eigenvalue weighted by Gasteiger charge is -2.32. The molecule has 1 amide bonds. The standard InChI is InChI=1S/C10H20N2O/c1-6-8(13)12-10(4,5)7-9(2,3)11/h6H,1,7,11H2,2-5H3,(H,12,13). The maximum atomic E-state index is 11.0. The van der Waals surface area contributed by atoms with Gasteiger partial charge < -0.3 is 11.1 Å². The van der Waals surface area contributed by atoms with Crippen molar-refractivity contribution in [2.45, 2.75) is 45.2 Å². The van der Waals surface area contributed by atoms with E-state index in [4.69, 9.17) is 5.73 Å². The lowest BCUT2D eigenvalue weighted by molar-refractivity contribution is -0.118. The lowest BCUT2D eigenvalue weighted by Crippen LogP contribution is -2.50. The van der Waals surface area contributed by atoms with Crippen molar-refractivity contribution in [3.05, 3.63) is 12.7 Å². The Kier molecular flexibility index (Phi) is 3.67. The minimum Gasteiger partial charge on any atom is -0.348 e. The summed E-state index contributed by atoms with van der Waals surface area (Å²) in [7, 11) is 0. The van der Waals surface area contributed by atoms with Crippen LogP contribution >= 0.6 is 0 Å². The van der Waals surface area contributed by atoms with E-state index in [1.54, 1.807) is 0 Å². The molecule has 13 heavy (non-hydrogen) atoms. The van der Waals surface area contributed by atoms with E-state index in [-0.39, 0.29) is 17.0 Å². The first-order valence-electron chi connectivity index (χ1n) is 4.40. The van der Waals surface area contributed by atoms with Crippen LogP contribution in [0.5, 0.6) is 0 Å². The topological polar surface area (TPSA) is 55.1 Å². The summed E-state index contributed by atoms with van der Waals surface area (Å²) in [6, 6.07) is 0. The van der Waals surface area contributed by atoms with Crippen LogP contribution in [0, 0.1) is 0 Å². The Balaban J connectivity index is 4.24. The molecule has 0 unspecified atom stereocenters. The van der Waals surface area contributed by atoms with E-state index >= 15 is 0 Å². The molecule has 3 nitrogen and oxygen atoms in total. The number of amides is 1. The fraction of sp³-hybridized carbons (Fsp3) is 0.700. The Morgan fingerprint density at radius 1 is 1.46 bits per heavy atom. The molecule has 0 aromatic rings. The van der Waals surface area contributed by atoms with Gasteiger partial charge in [0.15, 0.2) is 0 Å². The van der Waals surface area contributed by atoms with Gasteiger partial charge >= 0.3 is 0 Å². The van der Waals surface area contributed by atoms with Crippen molar-refractivity contribution in [1.29, 1.82) is 0 Å². The molecular weight excluding hydrogens is 164 g/mol. The van der Waals surface area contributed by atoms with Crippen molar-refractivity contribution in [3.63, 3.8) is 0 Å². The predicted molar refractivity (Wildman–Crippen MR) is 55.3 cm³/mol. The van der Waals surface area contributed by atoms with Gasteiger partial charge in [0.25, 0.3) is 0 Å². The van der Waals surface area contributed by atoms with E-state index in [1.807, 2.05) is 27.7 Å². The van der Waals surface area contributed by atoms with Crippen LogP contribution in [-0.2, 0) is 4.79 Å². The van der Waals surface area contributed by atoms with Crippen molar-refractivity contribution in [2.75, 3.05) is 0 Å². The van der Waals surface area contributed by atoms with Gasteiger partial charge in [-0.15, -0.1) is 0 Å². The van der Waals surface area contributed by atoms with E-state index in [1.165, 1.54) is 6.08 Å². The summed E-state index contributed by atoms with van der Waals surface area (Å²) >= 11 is 0. The van der Waals surface area contributed by atoms with Gasteiger partial charge in [-0.1, -0.05) is 6.58 Å². The molecular formula is C10H20N2O. The fourth-order valence-corrected chi connectivity index (χ4v) is 1.57. The van der Waals surface area contributed by atoms with Crippen LogP contribution in [0.1, 0.15) is 34.1 Å². The summed E-state index contributed by atoms with van der Waals surface area (Å²) in [5.74, 6) is -0.158. The number of nitrogens with two attached hydrogens (primary N) is 1. The summed E-state index contributed by atoms with van der Waals surface area (Å²) < 4.78 is 0. The molecule has 0 heterocycles. The average Bonchev–Trinajstić information content (AvgIpc) is 1.80. The number of rotatable bonds is 4. The molecule has 0 aliphatic heterocycles. The largest absolute Gasteiger partial charge is 0.348 e. The highest BCUT2D eigenvalue weighted by molar-refractivity contribution is 5.87. The maximum Gasteiger partial charge on any atom is 0.243 e. The van der Waals surface area contributed by atoms with Gasteiger partial charge in [-0.25, -0.2) is 0 Å². The Morgan fingerprint density at radius 2 is 1.92 bits per heavy atom. The molecule has 0 atom stereocenters. The Hall–Kier alpha value is -0.830. The van der Waals surface area contributed by atoms with Crippen LogP contribution in [0.2, 0.25) is 0 Å². The first kappa shape index (κ1) is 12.2. The summed E-state index contributed by atoms with van der Waals surface area (Å²) in [5.41, 5.74) is 5.29. The van der Waals surface area contributed by atoms with Crippen molar-refractivity contribution in [2.24, 2.45) is 5.73 Å². The summed E-state index contributed by atoms with van der Waals surface area (Å²) in [6.07, 6.45) is 1.99. The number of carbonyl (C=O) groups excluding carboxylic acids is 1. The van der Waals surface area contributed by atoms with Crippen LogP contribution in [0.3, 0.4) is 0 Å². The molecule has 0 rings (SSSR count). The molecule has 0 aromatic heterocycles. The smallest absolute Gasteiger partial charge is 0.243 e. The summed E-state index contributed by atoms with van der Waals surface area (Å²) in [6.45, 7) is 11.2. The first-order chi connectivity index (χ1) is 5.66. The number of nitrogens with one attached hydrogen (secondary N) is 1. The zero-order chi connectivity index (χ0) is 10.7. The van der Waals surface area contributed by atoms with Crippen LogP contribution < -0.4 is 11.1 Å². The third-order valence-corrected chi connectivity index (χ3v) is 1.54. The molecule has 0 saturated heterocycles. The van der Waals surface area contributed by atoms with E-state index in [0.29, 0.717) is 0 Å². The minimum atomic E-state index is -0.288. The highest BCUT2D eigenvalue weighted by Gasteiger charge is 2.26.